The van der Waals surface area contributed by atoms with Crippen LogP contribution in [0.3, 0.4) is 0 Å². The molecule has 27 heavy (non-hydrogen) atoms. The standard InChI is InChI=1S/C18H15F3N4O2/c1-10(18(19,20)21)27-15-5-4-12(6-13(15)8-22)14-7-16(24-9-23-14)25-17(26)11-2-3-11/h4-7,9-11H,2-3H2,1H3,(H,23,24,25,26). The van der Waals surface area contributed by atoms with Gasteiger partial charge in [-0.3, -0.25) is 4.79 Å². The predicted octanol–water partition coefficient (Wildman–Crippen LogP) is 3.69. The highest BCUT2D eigenvalue weighted by atomic mass is 19.4. The zero-order valence-electron chi connectivity index (χ0n) is 14.2. The van der Waals surface area contributed by atoms with Gasteiger partial charge in [-0.05, 0) is 38.0 Å². The summed E-state index contributed by atoms with van der Waals surface area (Å²) in [5, 5.41) is 11.9. The van der Waals surface area contributed by atoms with Crippen LogP contribution < -0.4 is 10.1 Å². The Balaban J connectivity index is 1.83. The Kier molecular flexibility index (Phi) is 4.99. The van der Waals surface area contributed by atoms with E-state index in [4.69, 9.17) is 4.74 Å². The number of amides is 1. The third-order valence-corrected chi connectivity index (χ3v) is 4.03. The lowest BCUT2D eigenvalue weighted by molar-refractivity contribution is -0.189. The monoisotopic (exact) mass is 376 g/mol. The largest absolute Gasteiger partial charge is 0.480 e. The molecule has 1 saturated carbocycles. The maximum atomic E-state index is 12.7. The van der Waals surface area contributed by atoms with Gasteiger partial charge in [-0.15, -0.1) is 0 Å². The SMILES string of the molecule is CC(Oc1ccc(-c2cc(NC(=O)C3CC3)ncn2)cc1C#N)C(F)(F)F. The van der Waals surface area contributed by atoms with Crippen molar-refractivity contribution in [2.45, 2.75) is 32.0 Å². The third-order valence-electron chi connectivity index (χ3n) is 4.03. The van der Waals surface area contributed by atoms with Gasteiger partial charge in [0.05, 0.1) is 11.3 Å². The van der Waals surface area contributed by atoms with E-state index < -0.39 is 12.3 Å². The Hall–Kier alpha value is -3.15. The van der Waals surface area contributed by atoms with Crippen molar-refractivity contribution in [3.05, 3.63) is 36.2 Å². The van der Waals surface area contributed by atoms with Gasteiger partial charge in [-0.25, -0.2) is 9.97 Å². The summed E-state index contributed by atoms with van der Waals surface area (Å²) < 4.78 is 42.9. The number of nitriles is 1. The normalized spacial score (nSPS) is 14.9. The van der Waals surface area contributed by atoms with Crippen molar-refractivity contribution in [2.75, 3.05) is 5.32 Å². The summed E-state index contributed by atoms with van der Waals surface area (Å²) in [4.78, 5) is 19.9. The smallest absolute Gasteiger partial charge is 0.425 e. The summed E-state index contributed by atoms with van der Waals surface area (Å²) in [5.41, 5.74) is 0.858. The molecule has 0 bridgehead atoms. The van der Waals surface area contributed by atoms with Gasteiger partial charge in [-0.2, -0.15) is 18.4 Å². The summed E-state index contributed by atoms with van der Waals surface area (Å²) in [5.74, 6) is 0.0618. The summed E-state index contributed by atoms with van der Waals surface area (Å²) in [6, 6.07) is 7.53. The summed E-state index contributed by atoms with van der Waals surface area (Å²) in [6.07, 6.45) is -3.61. The molecular weight excluding hydrogens is 361 g/mol. The van der Waals surface area contributed by atoms with E-state index in [2.05, 4.69) is 15.3 Å². The zero-order chi connectivity index (χ0) is 19.6. The number of nitrogens with one attached hydrogen (secondary N) is 1. The second-order valence-corrected chi connectivity index (χ2v) is 6.18. The molecule has 3 rings (SSSR count). The number of nitrogens with zero attached hydrogens (tertiary/aromatic N) is 3. The highest BCUT2D eigenvalue weighted by Crippen LogP contribution is 2.31. The van der Waals surface area contributed by atoms with Crippen LogP contribution in [0.25, 0.3) is 11.3 Å². The molecule has 1 aliphatic rings. The second-order valence-electron chi connectivity index (χ2n) is 6.18. The molecule has 0 spiro atoms. The van der Waals surface area contributed by atoms with Crippen LogP contribution in [-0.4, -0.2) is 28.2 Å². The zero-order valence-corrected chi connectivity index (χ0v) is 14.2. The van der Waals surface area contributed by atoms with Gasteiger partial charge in [0.25, 0.3) is 0 Å². The van der Waals surface area contributed by atoms with Crippen LogP contribution in [0.1, 0.15) is 25.3 Å². The molecule has 1 heterocycles. The number of ether oxygens (including phenoxy) is 1. The number of carbonyl (C=O) groups excluding carboxylic acids is 1. The first-order valence-electron chi connectivity index (χ1n) is 8.18. The number of alkyl halides is 3. The average molecular weight is 376 g/mol. The molecule has 1 fully saturated rings. The first-order valence-corrected chi connectivity index (χ1v) is 8.18. The summed E-state index contributed by atoms with van der Waals surface area (Å²) >= 11 is 0. The van der Waals surface area contributed by atoms with Gasteiger partial charge in [0.1, 0.15) is 24.0 Å². The number of hydrogen-bond donors (Lipinski definition) is 1. The Morgan fingerprint density at radius 1 is 1.33 bits per heavy atom. The van der Waals surface area contributed by atoms with E-state index in [1.165, 1.54) is 30.6 Å². The van der Waals surface area contributed by atoms with Crippen LogP contribution in [0.4, 0.5) is 19.0 Å². The van der Waals surface area contributed by atoms with E-state index in [-0.39, 0.29) is 23.1 Å². The minimum atomic E-state index is -4.54. The maximum Gasteiger partial charge on any atom is 0.425 e. The fourth-order valence-corrected chi connectivity index (χ4v) is 2.29. The number of hydrogen-bond acceptors (Lipinski definition) is 5. The lowest BCUT2D eigenvalue weighted by atomic mass is 10.1. The summed E-state index contributed by atoms with van der Waals surface area (Å²) in [7, 11) is 0. The molecule has 1 atom stereocenters. The van der Waals surface area contributed by atoms with E-state index in [9.17, 15) is 23.2 Å². The highest BCUT2D eigenvalue weighted by Gasteiger charge is 2.38. The van der Waals surface area contributed by atoms with Crippen molar-refractivity contribution >= 4 is 11.7 Å². The average Bonchev–Trinajstić information content (AvgIpc) is 3.46. The van der Waals surface area contributed by atoms with Gasteiger partial charge in [0.2, 0.25) is 5.91 Å². The van der Waals surface area contributed by atoms with Crippen molar-refractivity contribution in [3.8, 4) is 23.1 Å². The minimum Gasteiger partial charge on any atom is -0.480 e. The van der Waals surface area contributed by atoms with Crippen molar-refractivity contribution in [2.24, 2.45) is 5.92 Å². The highest BCUT2D eigenvalue weighted by molar-refractivity contribution is 5.93. The molecule has 1 amide bonds. The molecule has 0 saturated heterocycles. The number of rotatable bonds is 5. The number of aromatic nitrogens is 2. The molecule has 1 aliphatic carbocycles. The van der Waals surface area contributed by atoms with E-state index in [0.29, 0.717) is 17.1 Å². The molecule has 0 aliphatic heterocycles. The fraction of sp³-hybridized carbons (Fsp3) is 0.333. The molecule has 6 nitrogen and oxygen atoms in total. The van der Waals surface area contributed by atoms with Gasteiger partial charge < -0.3 is 10.1 Å². The minimum absolute atomic E-state index is 0.0145. The molecule has 2 aromatic rings. The van der Waals surface area contributed by atoms with Gasteiger partial charge in [0.15, 0.2) is 6.10 Å². The second kappa shape index (κ2) is 7.23. The maximum absolute atomic E-state index is 12.7. The van der Waals surface area contributed by atoms with Crippen molar-refractivity contribution in [1.29, 1.82) is 5.26 Å². The fourth-order valence-electron chi connectivity index (χ4n) is 2.29. The van der Waals surface area contributed by atoms with E-state index >= 15 is 0 Å². The van der Waals surface area contributed by atoms with Crippen LogP contribution in [0.2, 0.25) is 0 Å². The molecular formula is C18H15F3N4O2. The Bertz CT molecular complexity index is 904. The van der Waals surface area contributed by atoms with Crippen LogP contribution in [0.15, 0.2) is 30.6 Å². The van der Waals surface area contributed by atoms with Crippen LogP contribution >= 0.6 is 0 Å². The van der Waals surface area contributed by atoms with Crippen LogP contribution in [0.5, 0.6) is 5.75 Å². The van der Waals surface area contributed by atoms with Crippen LogP contribution in [0, 0.1) is 17.2 Å². The van der Waals surface area contributed by atoms with Gasteiger partial charge in [-0.1, -0.05) is 0 Å². The molecule has 1 N–H and O–H groups in total. The lowest BCUT2D eigenvalue weighted by Gasteiger charge is -2.18. The van der Waals surface area contributed by atoms with Crippen molar-refractivity contribution < 1.29 is 22.7 Å². The quantitative estimate of drug-likeness (QED) is 0.860. The van der Waals surface area contributed by atoms with Gasteiger partial charge >= 0.3 is 6.18 Å². The number of carbonyl (C=O) groups is 1. The molecule has 1 aromatic carbocycles. The number of benzene rings is 1. The summed E-state index contributed by atoms with van der Waals surface area (Å²) in [6.45, 7) is 0.869. The molecule has 1 aromatic heterocycles. The Labute approximate surface area is 153 Å². The lowest BCUT2D eigenvalue weighted by Crippen LogP contribution is -2.31. The first-order chi connectivity index (χ1) is 12.8. The Morgan fingerprint density at radius 2 is 2.07 bits per heavy atom. The van der Waals surface area contributed by atoms with Crippen molar-refractivity contribution in [3.63, 3.8) is 0 Å². The van der Waals surface area contributed by atoms with E-state index in [1.54, 1.807) is 0 Å². The topological polar surface area (TPSA) is 87.9 Å². The Morgan fingerprint density at radius 3 is 2.70 bits per heavy atom. The van der Waals surface area contributed by atoms with E-state index in [1.807, 2.05) is 6.07 Å². The molecule has 9 heteroatoms. The van der Waals surface area contributed by atoms with Crippen LogP contribution in [-0.2, 0) is 4.79 Å². The predicted molar refractivity (Wildman–Crippen MR) is 89.7 cm³/mol. The molecule has 140 valence electrons. The first kappa shape index (κ1) is 18.6. The number of halogens is 3. The number of anilines is 1. The van der Waals surface area contributed by atoms with Gasteiger partial charge in [0, 0.05) is 17.5 Å². The molecule has 1 unspecified atom stereocenters. The molecule has 0 radical (unpaired) electrons. The van der Waals surface area contributed by atoms with Crippen molar-refractivity contribution in [1.82, 2.24) is 9.97 Å². The van der Waals surface area contributed by atoms with E-state index in [0.717, 1.165) is 19.8 Å². The third kappa shape index (κ3) is 4.53.